The summed E-state index contributed by atoms with van der Waals surface area (Å²) < 4.78 is 6.34. The SMILES string of the molecule is CCC(=O)C[C@H]1[C@H]2C(=C(O)c3c(O)cccc3[C@@H]2COC2CCCC2)C(=O)[C@]2(O)C(O)=C(C(=O)NCC3CCCC3)C(=O)C[C@H]12. The molecule has 5 atom stereocenters. The largest absolute Gasteiger partial charge is 0.508 e. The van der Waals surface area contributed by atoms with Crippen molar-refractivity contribution < 1.29 is 44.3 Å². The van der Waals surface area contributed by atoms with Gasteiger partial charge in [-0.05, 0) is 49.1 Å². The maximum atomic E-state index is 14.5. The van der Waals surface area contributed by atoms with Gasteiger partial charge in [-0.25, -0.2) is 0 Å². The number of ether oxygens (including phenoxy) is 1. The molecule has 0 aliphatic heterocycles. The molecule has 0 heterocycles. The van der Waals surface area contributed by atoms with Crippen LogP contribution >= 0.6 is 0 Å². The van der Waals surface area contributed by atoms with Gasteiger partial charge >= 0.3 is 0 Å². The van der Waals surface area contributed by atoms with Gasteiger partial charge in [0.05, 0.1) is 18.3 Å². The monoisotopic (exact) mass is 621 g/mol. The van der Waals surface area contributed by atoms with Gasteiger partial charge in [-0.3, -0.25) is 19.2 Å². The Morgan fingerprint density at radius 3 is 2.40 bits per heavy atom. The summed E-state index contributed by atoms with van der Waals surface area (Å²) in [5.41, 5.74) is -3.06. The third-order valence-corrected chi connectivity index (χ3v) is 11.0. The van der Waals surface area contributed by atoms with Gasteiger partial charge in [0.15, 0.2) is 11.4 Å². The summed E-state index contributed by atoms with van der Waals surface area (Å²) in [7, 11) is 0. The Hall–Kier alpha value is -3.50. The van der Waals surface area contributed by atoms with Crippen LogP contribution in [0.1, 0.15) is 94.6 Å². The van der Waals surface area contributed by atoms with Gasteiger partial charge in [0.1, 0.15) is 28.6 Å². The molecule has 0 spiro atoms. The van der Waals surface area contributed by atoms with Crippen LogP contribution in [-0.4, -0.2) is 68.5 Å². The number of phenolic OH excluding ortho intramolecular Hbond substituents is 1. The van der Waals surface area contributed by atoms with Crippen molar-refractivity contribution in [2.75, 3.05) is 13.2 Å². The van der Waals surface area contributed by atoms with Crippen LogP contribution < -0.4 is 5.32 Å². The summed E-state index contributed by atoms with van der Waals surface area (Å²) in [6, 6.07) is 4.76. The molecule has 0 bridgehead atoms. The number of carbonyl (C=O) groups excluding carboxylic acids is 4. The molecule has 242 valence electrons. The molecule has 5 N–H and O–H groups in total. The summed E-state index contributed by atoms with van der Waals surface area (Å²) in [4.78, 5) is 54.4. The fraction of sp³-hybridized carbons (Fsp3) is 0.600. The van der Waals surface area contributed by atoms with E-state index in [0.29, 0.717) is 12.1 Å². The Morgan fingerprint density at radius 2 is 1.71 bits per heavy atom. The number of nitrogens with one attached hydrogen (secondary N) is 1. The lowest BCUT2D eigenvalue weighted by molar-refractivity contribution is -0.156. The quantitative estimate of drug-likeness (QED) is 0.252. The Kier molecular flexibility index (Phi) is 8.65. The Bertz CT molecular complexity index is 1460. The van der Waals surface area contributed by atoms with E-state index in [1.807, 2.05) is 0 Å². The molecule has 3 saturated carbocycles. The highest BCUT2D eigenvalue weighted by atomic mass is 16.5. The molecule has 1 aromatic carbocycles. The van der Waals surface area contributed by atoms with Crippen molar-refractivity contribution in [3.05, 3.63) is 46.2 Å². The first-order chi connectivity index (χ1) is 21.6. The molecule has 6 rings (SSSR count). The predicted molar refractivity (Wildman–Crippen MR) is 163 cm³/mol. The number of aliphatic hydroxyl groups excluding tert-OH is 2. The second-order valence-corrected chi connectivity index (χ2v) is 13.5. The summed E-state index contributed by atoms with van der Waals surface area (Å²) in [6.45, 7) is 2.13. The molecular formula is C35H43NO9. The molecular weight excluding hydrogens is 578 g/mol. The van der Waals surface area contributed by atoms with Crippen LogP contribution in [-0.2, 0) is 23.9 Å². The van der Waals surface area contributed by atoms with Gasteiger partial charge in [-0.1, -0.05) is 44.7 Å². The van der Waals surface area contributed by atoms with E-state index in [9.17, 15) is 39.6 Å². The second-order valence-electron chi connectivity index (χ2n) is 13.5. The van der Waals surface area contributed by atoms with Crippen LogP contribution in [0.4, 0.5) is 0 Å². The number of rotatable bonds is 9. The van der Waals surface area contributed by atoms with Crippen LogP contribution in [0.3, 0.4) is 0 Å². The van der Waals surface area contributed by atoms with E-state index < -0.39 is 70.3 Å². The Morgan fingerprint density at radius 1 is 1.02 bits per heavy atom. The maximum absolute atomic E-state index is 14.5. The van der Waals surface area contributed by atoms with Crippen LogP contribution in [0.2, 0.25) is 0 Å². The maximum Gasteiger partial charge on any atom is 0.258 e. The molecule has 3 fully saturated rings. The van der Waals surface area contributed by atoms with E-state index >= 15 is 0 Å². The summed E-state index contributed by atoms with van der Waals surface area (Å²) >= 11 is 0. The zero-order valence-corrected chi connectivity index (χ0v) is 25.7. The number of ketones is 3. The highest BCUT2D eigenvalue weighted by Gasteiger charge is 2.65. The van der Waals surface area contributed by atoms with Crippen molar-refractivity contribution in [3.63, 3.8) is 0 Å². The molecule has 1 amide bonds. The molecule has 0 saturated heterocycles. The fourth-order valence-corrected chi connectivity index (χ4v) is 8.66. The van der Waals surface area contributed by atoms with Crippen LogP contribution in [0.25, 0.3) is 5.76 Å². The second kappa shape index (κ2) is 12.4. The van der Waals surface area contributed by atoms with Crippen molar-refractivity contribution >= 4 is 29.0 Å². The molecule has 0 aromatic heterocycles. The summed E-state index contributed by atoms with van der Waals surface area (Å²) in [5.74, 6) is -7.95. The molecule has 5 aliphatic rings. The lowest BCUT2D eigenvalue weighted by Gasteiger charge is -2.52. The van der Waals surface area contributed by atoms with Crippen molar-refractivity contribution in [1.82, 2.24) is 5.32 Å². The normalized spacial score (nSPS) is 30.4. The lowest BCUT2D eigenvalue weighted by atomic mass is 9.51. The van der Waals surface area contributed by atoms with E-state index in [1.54, 1.807) is 19.1 Å². The first kappa shape index (κ1) is 31.5. The zero-order valence-electron chi connectivity index (χ0n) is 25.7. The number of hydrogen-bond acceptors (Lipinski definition) is 9. The number of Topliss-reactive ketones (excluding diaryl/α,β-unsaturated/α-hetero) is 3. The van der Waals surface area contributed by atoms with Crippen molar-refractivity contribution in [3.8, 4) is 5.75 Å². The van der Waals surface area contributed by atoms with Crippen LogP contribution in [0.5, 0.6) is 5.75 Å². The highest BCUT2D eigenvalue weighted by molar-refractivity contribution is 6.23. The minimum absolute atomic E-state index is 0.00852. The van der Waals surface area contributed by atoms with Crippen LogP contribution in [0, 0.1) is 23.7 Å². The third kappa shape index (κ3) is 5.29. The number of benzene rings is 1. The average Bonchev–Trinajstić information content (AvgIpc) is 3.74. The number of fused-ring (bicyclic) bond motifs is 3. The highest BCUT2D eigenvalue weighted by Crippen LogP contribution is 2.59. The molecule has 1 aromatic rings. The number of aliphatic hydroxyl groups is 3. The van der Waals surface area contributed by atoms with Gasteiger partial charge in [0.2, 0.25) is 5.78 Å². The molecule has 0 radical (unpaired) electrons. The summed E-state index contributed by atoms with van der Waals surface area (Å²) in [5, 5.41) is 49.0. The Labute approximate surface area is 262 Å². The Balaban J connectivity index is 1.47. The van der Waals surface area contributed by atoms with Gasteiger partial charge in [-0.2, -0.15) is 0 Å². The first-order valence-corrected chi connectivity index (χ1v) is 16.5. The zero-order chi connectivity index (χ0) is 32.0. The number of phenols is 1. The van der Waals surface area contributed by atoms with Crippen LogP contribution in [0.15, 0.2) is 35.1 Å². The van der Waals surface area contributed by atoms with Gasteiger partial charge < -0.3 is 30.5 Å². The minimum atomic E-state index is -2.73. The minimum Gasteiger partial charge on any atom is -0.508 e. The van der Waals surface area contributed by atoms with Crippen molar-refractivity contribution in [1.29, 1.82) is 0 Å². The van der Waals surface area contributed by atoms with E-state index in [0.717, 1.165) is 51.4 Å². The van der Waals surface area contributed by atoms with Gasteiger partial charge in [0, 0.05) is 49.1 Å². The smallest absolute Gasteiger partial charge is 0.258 e. The number of hydrogen-bond donors (Lipinski definition) is 5. The third-order valence-electron chi connectivity index (χ3n) is 11.0. The predicted octanol–water partition coefficient (Wildman–Crippen LogP) is 4.34. The average molecular weight is 622 g/mol. The van der Waals surface area contributed by atoms with E-state index in [4.69, 9.17) is 4.74 Å². The molecule has 10 heteroatoms. The van der Waals surface area contributed by atoms with Gasteiger partial charge in [-0.15, -0.1) is 0 Å². The van der Waals surface area contributed by atoms with E-state index in [1.165, 1.54) is 6.07 Å². The first-order valence-electron chi connectivity index (χ1n) is 16.5. The summed E-state index contributed by atoms with van der Waals surface area (Å²) in [6.07, 6.45) is 7.42. The van der Waals surface area contributed by atoms with Gasteiger partial charge in [0.25, 0.3) is 5.91 Å². The molecule has 45 heavy (non-hydrogen) atoms. The molecule has 5 aliphatic carbocycles. The number of aromatic hydroxyl groups is 1. The topological polar surface area (TPSA) is 170 Å². The standard InChI is InChI=1S/C35H43NO9/c1-2-19(37)14-22-24-15-26(39)29(34(43)36-16-18-8-3-4-9-18)32(41)35(24,44)33(42)30-27(22)23(17-45-20-10-5-6-11-20)21-12-7-13-25(38)28(21)31(30)40/h7,12-13,18,20,22-24,27,38,40-41,44H,2-6,8-11,14-17H2,1H3,(H,36,43)/t22-,23+,24-,27-,35-/m1/s1. The molecule has 0 unspecified atom stereocenters. The fourth-order valence-electron chi connectivity index (χ4n) is 8.66. The van der Waals surface area contributed by atoms with Crippen molar-refractivity contribution in [2.24, 2.45) is 23.7 Å². The molecule has 10 nitrogen and oxygen atoms in total. The number of amides is 1. The lowest BCUT2D eigenvalue weighted by Crippen LogP contribution is -2.62. The van der Waals surface area contributed by atoms with E-state index in [2.05, 4.69) is 5.32 Å². The van der Waals surface area contributed by atoms with E-state index in [-0.39, 0.29) is 54.1 Å². The number of carbonyl (C=O) groups is 4. The van der Waals surface area contributed by atoms with Crippen molar-refractivity contribution in [2.45, 2.75) is 95.2 Å².